The molecule has 21 heavy (non-hydrogen) atoms. The van der Waals surface area contributed by atoms with Gasteiger partial charge >= 0.3 is 0 Å². The number of para-hydroxylation sites is 3. The third kappa shape index (κ3) is 2.35. The maximum Gasteiger partial charge on any atom is 0.175 e. The molecule has 0 aliphatic rings. The summed E-state index contributed by atoms with van der Waals surface area (Å²) in [6.45, 7) is 0. The van der Waals surface area contributed by atoms with Crippen LogP contribution in [0.2, 0.25) is 0 Å². The maximum absolute atomic E-state index is 6.03. The Morgan fingerprint density at radius 2 is 0.810 bits per heavy atom. The van der Waals surface area contributed by atoms with Gasteiger partial charge in [0.1, 0.15) is 0 Å². The molecule has 0 aliphatic carbocycles. The lowest BCUT2D eigenvalue weighted by Gasteiger charge is -2.32. The van der Waals surface area contributed by atoms with E-state index in [9.17, 15) is 0 Å². The third-order valence-corrected chi connectivity index (χ3v) is 3.63. The minimum Gasteiger partial charge on any atom is -0.190 e. The minimum absolute atomic E-state index is 0.239. The van der Waals surface area contributed by atoms with Crippen LogP contribution in [-0.2, 0) is 4.84 Å². The van der Waals surface area contributed by atoms with Crippen LogP contribution < -0.4 is 4.65 Å². The van der Waals surface area contributed by atoms with Crippen molar-refractivity contribution in [3.8, 4) is 0 Å². The Kier molecular flexibility index (Phi) is 3.82. The van der Waals surface area contributed by atoms with Gasteiger partial charge in [0.2, 0.25) is 0 Å². The van der Waals surface area contributed by atoms with Gasteiger partial charge in [-0.3, -0.25) is 0 Å². The first-order valence-electron chi connectivity index (χ1n) is 6.99. The average molecular weight is 276 g/mol. The standard InChI is InChI=1S/C19H18NO/c1-21-20(17-11-5-2-6-12-17,18-13-7-3-8-14-18)19-15-9-4-10-16-19/h2-16H,1H3/q+1. The Labute approximate surface area is 125 Å². The van der Waals surface area contributed by atoms with Crippen LogP contribution in [0.4, 0.5) is 17.1 Å². The van der Waals surface area contributed by atoms with E-state index in [4.69, 9.17) is 4.84 Å². The number of rotatable bonds is 4. The molecule has 0 saturated heterocycles. The van der Waals surface area contributed by atoms with Gasteiger partial charge in [0.05, 0.1) is 7.11 Å². The number of quaternary nitrogens is 1. The monoisotopic (exact) mass is 276 g/mol. The fourth-order valence-corrected chi connectivity index (χ4v) is 2.68. The quantitative estimate of drug-likeness (QED) is 0.469. The zero-order valence-electron chi connectivity index (χ0n) is 12.0. The molecule has 0 fully saturated rings. The van der Waals surface area contributed by atoms with Crippen molar-refractivity contribution >= 4 is 17.1 Å². The summed E-state index contributed by atoms with van der Waals surface area (Å²) >= 11 is 0. The summed E-state index contributed by atoms with van der Waals surface area (Å²) < 4.78 is 0.239. The number of hydrogen-bond acceptors (Lipinski definition) is 1. The second-order valence-corrected chi connectivity index (χ2v) is 4.80. The molecule has 0 aromatic heterocycles. The number of benzene rings is 3. The van der Waals surface area contributed by atoms with E-state index < -0.39 is 0 Å². The molecule has 0 heterocycles. The highest BCUT2D eigenvalue weighted by atomic mass is 16.7. The number of nitrogens with zero attached hydrogens (tertiary/aromatic N) is 1. The van der Waals surface area contributed by atoms with Crippen molar-refractivity contribution in [2.24, 2.45) is 0 Å². The molecule has 3 aromatic rings. The van der Waals surface area contributed by atoms with Gasteiger partial charge in [-0.25, -0.2) is 0 Å². The van der Waals surface area contributed by atoms with Gasteiger partial charge in [0.15, 0.2) is 17.1 Å². The molecule has 2 nitrogen and oxygen atoms in total. The van der Waals surface area contributed by atoms with Gasteiger partial charge in [-0.05, 0) is 0 Å². The molecule has 3 aromatic carbocycles. The van der Waals surface area contributed by atoms with Crippen LogP contribution in [0.1, 0.15) is 0 Å². The van der Waals surface area contributed by atoms with Gasteiger partial charge in [-0.15, -0.1) is 0 Å². The Morgan fingerprint density at radius 1 is 0.524 bits per heavy atom. The lowest BCUT2D eigenvalue weighted by Crippen LogP contribution is -2.37. The van der Waals surface area contributed by atoms with E-state index in [0.717, 1.165) is 17.1 Å². The van der Waals surface area contributed by atoms with E-state index in [-0.39, 0.29) is 4.65 Å². The highest BCUT2D eigenvalue weighted by Crippen LogP contribution is 2.43. The highest BCUT2D eigenvalue weighted by Gasteiger charge is 2.37. The fraction of sp³-hybridized carbons (Fsp3) is 0.0526. The molecular formula is C19H18NO+. The smallest absolute Gasteiger partial charge is 0.175 e. The lowest BCUT2D eigenvalue weighted by molar-refractivity contribution is -0.0217. The van der Waals surface area contributed by atoms with Crippen LogP contribution in [0.25, 0.3) is 0 Å². The first-order valence-corrected chi connectivity index (χ1v) is 6.99. The fourth-order valence-electron chi connectivity index (χ4n) is 2.68. The highest BCUT2D eigenvalue weighted by molar-refractivity contribution is 5.68. The van der Waals surface area contributed by atoms with Crippen LogP contribution in [0, 0.1) is 0 Å². The summed E-state index contributed by atoms with van der Waals surface area (Å²) in [4.78, 5) is 6.03. The molecule has 0 spiro atoms. The second-order valence-electron chi connectivity index (χ2n) is 4.80. The zero-order valence-corrected chi connectivity index (χ0v) is 12.0. The average Bonchev–Trinajstić information content (AvgIpc) is 2.59. The van der Waals surface area contributed by atoms with E-state index in [1.165, 1.54) is 0 Å². The number of hydrogen-bond donors (Lipinski definition) is 0. The third-order valence-electron chi connectivity index (χ3n) is 3.63. The van der Waals surface area contributed by atoms with Crippen LogP contribution in [0.15, 0.2) is 91.0 Å². The van der Waals surface area contributed by atoms with Crippen molar-refractivity contribution in [2.45, 2.75) is 0 Å². The molecule has 0 amide bonds. The van der Waals surface area contributed by atoms with E-state index >= 15 is 0 Å². The van der Waals surface area contributed by atoms with E-state index in [1.54, 1.807) is 7.11 Å². The molecule has 0 saturated carbocycles. The van der Waals surface area contributed by atoms with Crippen molar-refractivity contribution in [2.75, 3.05) is 7.11 Å². The van der Waals surface area contributed by atoms with Crippen molar-refractivity contribution in [1.82, 2.24) is 4.65 Å². The molecule has 3 rings (SSSR count). The van der Waals surface area contributed by atoms with E-state index in [2.05, 4.69) is 36.4 Å². The summed E-state index contributed by atoms with van der Waals surface area (Å²) in [7, 11) is 1.74. The molecule has 0 radical (unpaired) electrons. The van der Waals surface area contributed by atoms with Crippen molar-refractivity contribution < 1.29 is 4.84 Å². The van der Waals surface area contributed by atoms with Crippen molar-refractivity contribution in [1.29, 1.82) is 0 Å². The molecule has 104 valence electrons. The van der Waals surface area contributed by atoms with Gasteiger partial charge in [0.25, 0.3) is 0 Å². The molecule has 0 bridgehead atoms. The van der Waals surface area contributed by atoms with Crippen molar-refractivity contribution in [3.63, 3.8) is 0 Å². The summed E-state index contributed by atoms with van der Waals surface area (Å²) in [5.74, 6) is 0. The Morgan fingerprint density at radius 3 is 1.05 bits per heavy atom. The minimum atomic E-state index is 0.239. The van der Waals surface area contributed by atoms with Gasteiger partial charge in [-0.1, -0.05) is 59.2 Å². The molecule has 0 aliphatic heterocycles. The molecule has 0 N–H and O–H groups in total. The van der Waals surface area contributed by atoms with Crippen LogP contribution in [0.3, 0.4) is 0 Å². The normalized spacial score (nSPS) is 11.3. The predicted octanol–water partition coefficient (Wildman–Crippen LogP) is 5.22. The molecular weight excluding hydrogens is 258 g/mol. The van der Waals surface area contributed by atoms with Crippen molar-refractivity contribution in [3.05, 3.63) is 91.0 Å². The van der Waals surface area contributed by atoms with E-state index in [1.807, 2.05) is 54.6 Å². The lowest BCUT2D eigenvalue weighted by atomic mass is 10.2. The first-order chi connectivity index (χ1) is 10.4. The first kappa shape index (κ1) is 13.6. The molecule has 0 atom stereocenters. The summed E-state index contributed by atoms with van der Waals surface area (Å²) in [5.41, 5.74) is 3.20. The summed E-state index contributed by atoms with van der Waals surface area (Å²) in [5, 5.41) is 0. The van der Waals surface area contributed by atoms with Gasteiger partial charge in [0, 0.05) is 36.4 Å². The summed E-state index contributed by atoms with van der Waals surface area (Å²) in [6, 6.07) is 30.8. The molecule has 0 unspecified atom stereocenters. The second kappa shape index (κ2) is 5.92. The SMILES string of the molecule is CO[N+](c1ccccc1)(c1ccccc1)c1ccccc1. The van der Waals surface area contributed by atoms with Gasteiger partial charge in [-0.2, -0.15) is 4.84 Å². The Hall–Kier alpha value is -2.42. The Balaban J connectivity index is 2.29. The molecule has 2 heteroatoms. The van der Waals surface area contributed by atoms with Crippen LogP contribution >= 0.6 is 0 Å². The predicted molar refractivity (Wildman–Crippen MR) is 87.4 cm³/mol. The van der Waals surface area contributed by atoms with Crippen LogP contribution in [-0.4, -0.2) is 7.11 Å². The van der Waals surface area contributed by atoms with Gasteiger partial charge < -0.3 is 0 Å². The summed E-state index contributed by atoms with van der Waals surface area (Å²) in [6.07, 6.45) is 0. The largest absolute Gasteiger partial charge is 0.190 e. The van der Waals surface area contributed by atoms with E-state index in [0.29, 0.717) is 0 Å². The Bertz CT molecular complexity index is 584. The maximum atomic E-state index is 6.03. The van der Waals surface area contributed by atoms with Crippen LogP contribution in [0.5, 0.6) is 0 Å². The topological polar surface area (TPSA) is 9.23 Å². The zero-order chi connectivity index (χ0) is 14.5.